The molecular formula is C31H36N6O3S2. The normalized spacial score (nSPS) is 18.7. The molecule has 2 aliphatic rings. The molecule has 0 radical (unpaired) electrons. The lowest BCUT2D eigenvalue weighted by molar-refractivity contribution is -0.118. The Kier molecular flexibility index (Phi) is 8.10. The highest BCUT2D eigenvalue weighted by Gasteiger charge is 2.39. The number of hydrogen-bond acceptors (Lipinski definition) is 8. The van der Waals surface area contributed by atoms with Crippen LogP contribution >= 0.6 is 11.3 Å². The molecule has 1 amide bonds. The number of carbonyl (C=O) groups excluding carboxylic acids is 1. The van der Waals surface area contributed by atoms with E-state index in [2.05, 4.69) is 20.6 Å². The number of nitrogens with zero attached hydrogens (tertiary/aromatic N) is 4. The van der Waals surface area contributed by atoms with Gasteiger partial charge in [-0.3, -0.25) is 9.78 Å². The Balaban J connectivity index is 1.24. The van der Waals surface area contributed by atoms with Gasteiger partial charge in [-0.05, 0) is 68.1 Å². The minimum Gasteiger partial charge on any atom is -0.314 e. The first-order valence-corrected chi connectivity index (χ1v) is 16.8. The van der Waals surface area contributed by atoms with E-state index in [0.717, 1.165) is 46.4 Å². The molecule has 0 spiro atoms. The minimum atomic E-state index is -3.67. The highest BCUT2D eigenvalue weighted by molar-refractivity contribution is 7.89. The lowest BCUT2D eigenvalue weighted by atomic mass is 9.87. The molecule has 42 heavy (non-hydrogen) atoms. The lowest BCUT2D eigenvalue weighted by Crippen LogP contribution is -2.59. The van der Waals surface area contributed by atoms with Crippen molar-refractivity contribution in [2.45, 2.75) is 62.3 Å². The predicted molar refractivity (Wildman–Crippen MR) is 166 cm³/mol. The summed E-state index contributed by atoms with van der Waals surface area (Å²) in [5, 5.41) is 6.84. The molecule has 9 nitrogen and oxygen atoms in total. The van der Waals surface area contributed by atoms with E-state index in [4.69, 9.17) is 4.98 Å². The average molecular weight is 605 g/mol. The van der Waals surface area contributed by atoms with Crippen molar-refractivity contribution in [3.05, 3.63) is 66.5 Å². The van der Waals surface area contributed by atoms with Crippen LogP contribution in [0.5, 0.6) is 0 Å². The number of nitrogens with one attached hydrogen (secondary N) is 2. The fraction of sp³-hybridized carbons (Fsp3) is 0.419. The first-order valence-electron chi connectivity index (χ1n) is 14.5. The van der Waals surface area contributed by atoms with Crippen molar-refractivity contribution in [3.8, 4) is 11.3 Å². The number of sulfonamides is 1. The zero-order chi connectivity index (χ0) is 29.3. The third-order valence-electron chi connectivity index (χ3n) is 8.42. The highest BCUT2D eigenvalue weighted by Crippen LogP contribution is 2.36. The zero-order valence-electron chi connectivity index (χ0n) is 23.9. The molecular weight excluding hydrogens is 569 g/mol. The van der Waals surface area contributed by atoms with Crippen molar-refractivity contribution < 1.29 is 13.2 Å². The minimum absolute atomic E-state index is 0.130. The standard InChI is InChI=1S/C31H36N6O3S2/c1-31(2)20-33-17-18-37(31)42(39,40)24-9-7-22(8-10-24)25(19-21-5-3-4-6-21)28(38)36-30-35-27-12-11-26(34-29(27)41-30)23-13-15-32-16-14-23/h7-16,21,25,33H,3-6,17-20H2,1-2H3,(H,35,36,38). The number of anilines is 1. The second kappa shape index (κ2) is 11.8. The summed E-state index contributed by atoms with van der Waals surface area (Å²) in [6.07, 6.45) is 8.77. The van der Waals surface area contributed by atoms with Crippen LogP contribution in [0.25, 0.3) is 21.6 Å². The van der Waals surface area contributed by atoms with Crippen LogP contribution in [0, 0.1) is 5.92 Å². The van der Waals surface area contributed by atoms with Gasteiger partial charge in [0.1, 0.15) is 10.3 Å². The van der Waals surface area contributed by atoms with E-state index in [1.54, 1.807) is 28.8 Å². The SMILES string of the molecule is CC1(C)CNCCN1S(=O)(=O)c1ccc(C(CC2CCCC2)C(=O)Nc2nc3ccc(-c4ccncc4)nc3s2)cc1. The molecule has 6 rings (SSSR count). The van der Waals surface area contributed by atoms with Crippen molar-refractivity contribution in [3.63, 3.8) is 0 Å². The van der Waals surface area contributed by atoms with Gasteiger partial charge in [-0.2, -0.15) is 4.31 Å². The maximum atomic E-state index is 13.8. The van der Waals surface area contributed by atoms with E-state index in [0.29, 0.717) is 30.7 Å². The molecule has 1 saturated heterocycles. The maximum Gasteiger partial charge on any atom is 0.243 e. The second-order valence-electron chi connectivity index (χ2n) is 11.8. The van der Waals surface area contributed by atoms with Crippen molar-refractivity contribution in [1.82, 2.24) is 24.6 Å². The number of benzene rings is 1. The summed E-state index contributed by atoms with van der Waals surface area (Å²) in [7, 11) is -3.67. The van der Waals surface area contributed by atoms with Crippen LogP contribution in [0.1, 0.15) is 57.4 Å². The second-order valence-corrected chi connectivity index (χ2v) is 14.7. The predicted octanol–water partition coefficient (Wildman–Crippen LogP) is 5.43. The first kappa shape index (κ1) is 28.9. The Morgan fingerprint density at radius 1 is 1.07 bits per heavy atom. The van der Waals surface area contributed by atoms with Crippen LogP contribution in [0.15, 0.2) is 65.8 Å². The molecule has 0 bridgehead atoms. The Morgan fingerprint density at radius 3 is 2.52 bits per heavy atom. The number of hydrogen-bond donors (Lipinski definition) is 2. The lowest BCUT2D eigenvalue weighted by Gasteiger charge is -2.41. The van der Waals surface area contributed by atoms with Crippen molar-refractivity contribution in [1.29, 1.82) is 0 Å². The third kappa shape index (κ3) is 5.96. The van der Waals surface area contributed by atoms with Gasteiger partial charge in [0.15, 0.2) is 5.13 Å². The van der Waals surface area contributed by atoms with Gasteiger partial charge in [0.25, 0.3) is 0 Å². The van der Waals surface area contributed by atoms with Crippen LogP contribution in [-0.2, 0) is 14.8 Å². The van der Waals surface area contributed by atoms with Crippen molar-refractivity contribution in [2.75, 3.05) is 25.0 Å². The Morgan fingerprint density at radius 2 is 1.81 bits per heavy atom. The summed E-state index contributed by atoms with van der Waals surface area (Å²) in [6, 6.07) is 14.6. The summed E-state index contributed by atoms with van der Waals surface area (Å²) >= 11 is 1.35. The van der Waals surface area contributed by atoms with Crippen molar-refractivity contribution >= 4 is 42.7 Å². The molecule has 1 aromatic carbocycles. The molecule has 220 valence electrons. The smallest absolute Gasteiger partial charge is 0.243 e. The quantitative estimate of drug-likeness (QED) is 0.276. The van der Waals surface area contributed by atoms with E-state index >= 15 is 0 Å². The largest absolute Gasteiger partial charge is 0.314 e. The number of carbonyl (C=O) groups is 1. The van der Waals surface area contributed by atoms with Crippen LogP contribution in [0.3, 0.4) is 0 Å². The number of thiazole rings is 1. The molecule has 4 heterocycles. The highest BCUT2D eigenvalue weighted by atomic mass is 32.2. The summed E-state index contributed by atoms with van der Waals surface area (Å²) < 4.78 is 28.7. The van der Waals surface area contributed by atoms with Gasteiger partial charge in [-0.15, -0.1) is 0 Å². The molecule has 1 aliphatic carbocycles. The third-order valence-corrected chi connectivity index (χ3v) is 11.4. The van der Waals surface area contributed by atoms with Crippen LogP contribution < -0.4 is 10.6 Å². The average Bonchev–Trinajstić information content (AvgIpc) is 3.65. The van der Waals surface area contributed by atoms with Crippen LogP contribution in [-0.4, -0.2) is 58.8 Å². The maximum absolute atomic E-state index is 13.8. The van der Waals surface area contributed by atoms with Gasteiger partial charge in [0, 0.05) is 43.1 Å². The van der Waals surface area contributed by atoms with Gasteiger partial charge in [-0.25, -0.2) is 18.4 Å². The van der Waals surface area contributed by atoms with E-state index in [9.17, 15) is 13.2 Å². The fourth-order valence-corrected chi connectivity index (χ4v) is 8.75. The van der Waals surface area contributed by atoms with Gasteiger partial charge in [-0.1, -0.05) is 49.2 Å². The van der Waals surface area contributed by atoms with E-state index in [-0.39, 0.29) is 10.8 Å². The molecule has 1 atom stereocenters. The number of rotatable bonds is 8. The molecule has 1 unspecified atom stereocenters. The molecule has 1 saturated carbocycles. The Bertz CT molecular complexity index is 1670. The Labute approximate surface area is 250 Å². The van der Waals surface area contributed by atoms with E-state index < -0.39 is 21.5 Å². The van der Waals surface area contributed by atoms with Gasteiger partial charge >= 0.3 is 0 Å². The van der Waals surface area contributed by atoms with Gasteiger partial charge < -0.3 is 10.6 Å². The molecule has 2 N–H and O–H groups in total. The molecule has 3 aromatic heterocycles. The van der Waals surface area contributed by atoms with Crippen molar-refractivity contribution in [2.24, 2.45) is 5.92 Å². The summed E-state index contributed by atoms with van der Waals surface area (Å²) in [5.74, 6) is -0.0762. The summed E-state index contributed by atoms with van der Waals surface area (Å²) in [4.78, 5) is 28.2. The summed E-state index contributed by atoms with van der Waals surface area (Å²) in [5.41, 5.74) is 2.81. The van der Waals surface area contributed by atoms with Crippen LogP contribution in [0.2, 0.25) is 0 Å². The number of aromatic nitrogens is 3. The number of fused-ring (bicyclic) bond motifs is 1. The summed E-state index contributed by atoms with van der Waals surface area (Å²) in [6.45, 7) is 5.51. The monoisotopic (exact) mass is 604 g/mol. The topological polar surface area (TPSA) is 117 Å². The Hall–Kier alpha value is -3.25. The molecule has 4 aromatic rings. The molecule has 1 aliphatic heterocycles. The van der Waals surface area contributed by atoms with Crippen LogP contribution in [0.4, 0.5) is 5.13 Å². The molecule has 2 fully saturated rings. The number of pyridine rings is 2. The van der Waals surface area contributed by atoms with E-state index in [1.165, 1.54) is 24.2 Å². The number of piperazine rings is 1. The first-order chi connectivity index (χ1) is 20.2. The zero-order valence-corrected chi connectivity index (χ0v) is 25.5. The van der Waals surface area contributed by atoms with E-state index in [1.807, 2.05) is 50.2 Å². The van der Waals surface area contributed by atoms with Gasteiger partial charge in [0.2, 0.25) is 15.9 Å². The fourth-order valence-electron chi connectivity index (χ4n) is 6.13. The number of amides is 1. The molecule has 11 heteroatoms. The van der Waals surface area contributed by atoms with Gasteiger partial charge in [0.05, 0.1) is 16.5 Å².